The Hall–Kier alpha value is -2.89. The second-order valence-electron chi connectivity index (χ2n) is 5.35. The number of hydrogen-bond acceptors (Lipinski definition) is 3. The maximum Gasteiger partial charge on any atom is 0.272 e. The highest BCUT2D eigenvalue weighted by molar-refractivity contribution is 7.10. The van der Waals surface area contributed by atoms with E-state index in [0.29, 0.717) is 16.3 Å². The predicted molar refractivity (Wildman–Crippen MR) is 106 cm³/mol. The van der Waals surface area contributed by atoms with E-state index < -0.39 is 5.91 Å². The van der Waals surface area contributed by atoms with E-state index in [0.717, 1.165) is 4.88 Å². The summed E-state index contributed by atoms with van der Waals surface area (Å²) in [6.45, 7) is 0. The normalized spacial score (nSPS) is 11.0. The van der Waals surface area contributed by atoms with Gasteiger partial charge in [-0.05, 0) is 53.9 Å². The van der Waals surface area contributed by atoms with Crippen LogP contribution in [0.3, 0.4) is 0 Å². The molecule has 0 saturated heterocycles. The SMILES string of the molecule is O=C(Nc1ccc(Cl)cc1)/C(=C\c1cccs1)NC(=O)c1ccccc1. The topological polar surface area (TPSA) is 58.2 Å². The van der Waals surface area contributed by atoms with Crippen LogP contribution in [0.1, 0.15) is 15.2 Å². The van der Waals surface area contributed by atoms with Crippen LogP contribution in [-0.4, -0.2) is 11.8 Å². The summed E-state index contributed by atoms with van der Waals surface area (Å²) >= 11 is 7.34. The summed E-state index contributed by atoms with van der Waals surface area (Å²) < 4.78 is 0. The first-order valence-electron chi connectivity index (χ1n) is 7.80. The predicted octanol–water partition coefficient (Wildman–Crippen LogP) is 4.81. The van der Waals surface area contributed by atoms with Gasteiger partial charge in [-0.3, -0.25) is 9.59 Å². The van der Waals surface area contributed by atoms with E-state index in [2.05, 4.69) is 10.6 Å². The molecular weight excluding hydrogens is 368 g/mol. The molecule has 3 aromatic rings. The van der Waals surface area contributed by atoms with Crippen molar-refractivity contribution in [1.82, 2.24) is 5.32 Å². The van der Waals surface area contributed by atoms with Gasteiger partial charge in [0, 0.05) is 21.2 Å². The molecule has 0 aliphatic carbocycles. The molecule has 0 spiro atoms. The molecule has 0 aliphatic heterocycles. The summed E-state index contributed by atoms with van der Waals surface area (Å²) in [5, 5.41) is 7.94. The Kier molecular flexibility index (Phi) is 5.84. The van der Waals surface area contributed by atoms with E-state index >= 15 is 0 Å². The second kappa shape index (κ2) is 8.47. The van der Waals surface area contributed by atoms with E-state index in [9.17, 15) is 9.59 Å². The second-order valence-corrected chi connectivity index (χ2v) is 6.77. The number of nitrogens with one attached hydrogen (secondary N) is 2. The number of carbonyl (C=O) groups is 2. The zero-order chi connectivity index (χ0) is 18.4. The Bertz CT molecular complexity index is 920. The lowest BCUT2D eigenvalue weighted by Crippen LogP contribution is -2.30. The average molecular weight is 383 g/mol. The van der Waals surface area contributed by atoms with Crippen LogP contribution in [0.25, 0.3) is 6.08 Å². The first-order chi connectivity index (χ1) is 12.6. The van der Waals surface area contributed by atoms with E-state index in [4.69, 9.17) is 11.6 Å². The fourth-order valence-electron chi connectivity index (χ4n) is 2.19. The highest BCUT2D eigenvalue weighted by Crippen LogP contribution is 2.16. The molecule has 1 aromatic heterocycles. The van der Waals surface area contributed by atoms with Crippen molar-refractivity contribution in [2.45, 2.75) is 0 Å². The Balaban J connectivity index is 1.82. The van der Waals surface area contributed by atoms with Gasteiger partial charge >= 0.3 is 0 Å². The minimum Gasteiger partial charge on any atom is -0.321 e. The lowest BCUT2D eigenvalue weighted by atomic mass is 10.2. The van der Waals surface area contributed by atoms with Gasteiger partial charge in [-0.2, -0.15) is 0 Å². The number of amides is 2. The maximum absolute atomic E-state index is 12.7. The number of rotatable bonds is 5. The largest absolute Gasteiger partial charge is 0.321 e. The van der Waals surface area contributed by atoms with Crippen LogP contribution in [0.15, 0.2) is 77.8 Å². The van der Waals surface area contributed by atoms with Crippen molar-refractivity contribution in [2.75, 3.05) is 5.32 Å². The van der Waals surface area contributed by atoms with Crippen molar-refractivity contribution >= 4 is 46.5 Å². The molecule has 2 amide bonds. The Labute approximate surface area is 160 Å². The number of halogens is 1. The van der Waals surface area contributed by atoms with Gasteiger partial charge in [-0.15, -0.1) is 11.3 Å². The number of thiophene rings is 1. The fourth-order valence-corrected chi connectivity index (χ4v) is 2.97. The third-order valence-corrected chi connectivity index (χ3v) is 4.53. The Morgan fingerprint density at radius 3 is 2.31 bits per heavy atom. The molecule has 0 atom stereocenters. The molecule has 0 bridgehead atoms. The molecule has 2 aromatic carbocycles. The lowest BCUT2D eigenvalue weighted by Gasteiger charge is -2.11. The molecule has 0 unspecified atom stereocenters. The molecular formula is C20H15ClN2O2S. The third kappa shape index (κ3) is 4.81. The quantitative estimate of drug-likeness (QED) is 0.622. The minimum absolute atomic E-state index is 0.163. The summed E-state index contributed by atoms with van der Waals surface area (Å²) in [6.07, 6.45) is 1.65. The first kappa shape index (κ1) is 17.9. The highest BCUT2D eigenvalue weighted by atomic mass is 35.5. The van der Waals surface area contributed by atoms with Crippen LogP contribution in [0.5, 0.6) is 0 Å². The highest BCUT2D eigenvalue weighted by Gasteiger charge is 2.15. The van der Waals surface area contributed by atoms with Crippen molar-refractivity contribution < 1.29 is 9.59 Å². The van der Waals surface area contributed by atoms with Crippen molar-refractivity contribution in [2.24, 2.45) is 0 Å². The van der Waals surface area contributed by atoms with Crippen LogP contribution in [0, 0.1) is 0 Å². The Morgan fingerprint density at radius 1 is 0.923 bits per heavy atom. The number of anilines is 1. The monoisotopic (exact) mass is 382 g/mol. The molecule has 3 rings (SSSR count). The van der Waals surface area contributed by atoms with E-state index in [-0.39, 0.29) is 11.6 Å². The molecule has 1 heterocycles. The molecule has 0 fully saturated rings. The van der Waals surface area contributed by atoms with Crippen LogP contribution >= 0.6 is 22.9 Å². The number of benzene rings is 2. The summed E-state index contributed by atoms with van der Waals surface area (Å²) in [7, 11) is 0. The van der Waals surface area contributed by atoms with E-state index in [1.165, 1.54) is 11.3 Å². The molecule has 2 N–H and O–H groups in total. The maximum atomic E-state index is 12.7. The van der Waals surface area contributed by atoms with Gasteiger partial charge in [-0.1, -0.05) is 35.9 Å². The minimum atomic E-state index is -0.412. The summed E-state index contributed by atoms with van der Waals surface area (Å²) in [5.74, 6) is -0.760. The van der Waals surface area contributed by atoms with Gasteiger partial charge in [-0.25, -0.2) is 0 Å². The van der Waals surface area contributed by atoms with Gasteiger partial charge in [0.15, 0.2) is 0 Å². The third-order valence-electron chi connectivity index (χ3n) is 3.46. The molecule has 4 nitrogen and oxygen atoms in total. The van der Waals surface area contributed by atoms with Gasteiger partial charge in [0.25, 0.3) is 11.8 Å². The number of hydrogen-bond donors (Lipinski definition) is 2. The summed E-state index contributed by atoms with van der Waals surface area (Å²) in [5.41, 5.74) is 1.23. The van der Waals surface area contributed by atoms with Gasteiger partial charge in [0.05, 0.1) is 0 Å². The van der Waals surface area contributed by atoms with E-state index in [1.54, 1.807) is 54.6 Å². The van der Waals surface area contributed by atoms with E-state index in [1.807, 2.05) is 23.6 Å². The average Bonchev–Trinajstić information content (AvgIpc) is 3.17. The molecule has 6 heteroatoms. The smallest absolute Gasteiger partial charge is 0.272 e. The zero-order valence-corrected chi connectivity index (χ0v) is 15.2. The fraction of sp³-hybridized carbons (Fsp3) is 0. The van der Waals surface area contributed by atoms with Gasteiger partial charge in [0.1, 0.15) is 5.70 Å². The van der Waals surface area contributed by atoms with Gasteiger partial charge < -0.3 is 10.6 Å². The molecule has 130 valence electrons. The molecule has 0 saturated carbocycles. The van der Waals surface area contributed by atoms with Crippen molar-refractivity contribution in [3.05, 3.63) is 93.3 Å². The standard InChI is InChI=1S/C20H15ClN2O2S/c21-15-8-10-16(11-9-15)22-20(25)18(13-17-7-4-12-26-17)23-19(24)14-5-2-1-3-6-14/h1-13H,(H,22,25)(H,23,24)/b18-13+. The number of carbonyl (C=O) groups excluding carboxylic acids is 2. The summed E-state index contributed by atoms with van der Waals surface area (Å²) in [4.78, 5) is 26.0. The molecule has 0 aliphatic rings. The summed E-state index contributed by atoms with van der Waals surface area (Å²) in [6, 6.07) is 19.3. The lowest BCUT2D eigenvalue weighted by molar-refractivity contribution is -0.113. The first-order valence-corrected chi connectivity index (χ1v) is 9.06. The van der Waals surface area contributed by atoms with Crippen LogP contribution in [0.4, 0.5) is 5.69 Å². The van der Waals surface area contributed by atoms with Crippen LogP contribution in [0.2, 0.25) is 5.02 Å². The van der Waals surface area contributed by atoms with Crippen molar-refractivity contribution in [3.8, 4) is 0 Å². The Morgan fingerprint density at radius 2 is 1.65 bits per heavy atom. The molecule has 0 radical (unpaired) electrons. The van der Waals surface area contributed by atoms with Crippen molar-refractivity contribution in [1.29, 1.82) is 0 Å². The van der Waals surface area contributed by atoms with Crippen molar-refractivity contribution in [3.63, 3.8) is 0 Å². The van der Waals surface area contributed by atoms with Gasteiger partial charge in [0.2, 0.25) is 0 Å². The van der Waals surface area contributed by atoms with Crippen LogP contribution in [-0.2, 0) is 4.79 Å². The zero-order valence-electron chi connectivity index (χ0n) is 13.6. The van der Waals surface area contributed by atoms with Crippen LogP contribution < -0.4 is 10.6 Å². The molecule has 26 heavy (non-hydrogen) atoms.